The van der Waals surface area contributed by atoms with E-state index < -0.39 is 10.3 Å². The van der Waals surface area contributed by atoms with Gasteiger partial charge in [0, 0.05) is 11.8 Å². The van der Waals surface area contributed by atoms with Crippen molar-refractivity contribution >= 4 is 40.8 Å². The van der Waals surface area contributed by atoms with Gasteiger partial charge in [0.25, 0.3) is 0 Å². The molecule has 0 bridgehead atoms. The summed E-state index contributed by atoms with van der Waals surface area (Å²) >= 11 is 17.8. The van der Waals surface area contributed by atoms with Crippen LogP contribution in [0.15, 0.2) is 0 Å². The molecular formula is C9H13Cl3O2. The Morgan fingerprint density at radius 1 is 1.43 bits per heavy atom. The number of cyclic esters (lactones) is 1. The first-order valence-corrected chi connectivity index (χ1v) is 5.64. The van der Waals surface area contributed by atoms with Gasteiger partial charge in [-0.2, -0.15) is 0 Å². The van der Waals surface area contributed by atoms with Gasteiger partial charge in [-0.3, -0.25) is 0 Å². The van der Waals surface area contributed by atoms with E-state index in [9.17, 15) is 4.79 Å². The minimum Gasteiger partial charge on any atom is -0.463 e. The highest BCUT2D eigenvalue weighted by Crippen LogP contribution is 2.41. The molecule has 0 saturated carbocycles. The summed E-state index contributed by atoms with van der Waals surface area (Å²) in [7, 11) is 0. The zero-order valence-electron chi connectivity index (χ0n) is 8.15. The molecule has 0 spiro atoms. The van der Waals surface area contributed by atoms with E-state index in [0.29, 0.717) is 6.61 Å². The fourth-order valence-electron chi connectivity index (χ4n) is 1.25. The van der Waals surface area contributed by atoms with Crippen LogP contribution in [0, 0.1) is 5.41 Å². The van der Waals surface area contributed by atoms with Crippen LogP contribution in [0.4, 0.5) is 0 Å². The lowest BCUT2D eigenvalue weighted by atomic mass is 9.83. The van der Waals surface area contributed by atoms with Crippen molar-refractivity contribution in [1.82, 2.24) is 0 Å². The number of hydrogen-bond acceptors (Lipinski definition) is 2. The Labute approximate surface area is 98.8 Å². The van der Waals surface area contributed by atoms with Crippen LogP contribution >= 0.6 is 34.8 Å². The number of rotatable bonds is 0. The van der Waals surface area contributed by atoms with Crippen molar-refractivity contribution in [3.05, 3.63) is 0 Å². The Kier molecular flexibility index (Phi) is 3.61. The summed E-state index contributed by atoms with van der Waals surface area (Å²) in [5.74, 6) is -0.595. The standard InChI is InChI=1S/C9H13Cl3O2/c1-8(2)3-4-14-7(13)9(11,12)5-6(8)10/h6H,3-5H2,1-2H3. The maximum absolute atomic E-state index is 11.3. The molecule has 1 heterocycles. The SMILES string of the molecule is CC1(C)CCOC(=O)C(Cl)(Cl)CC1Cl. The second-order valence-electron chi connectivity index (χ2n) is 4.25. The van der Waals surface area contributed by atoms with Gasteiger partial charge in [0.1, 0.15) is 0 Å². The van der Waals surface area contributed by atoms with E-state index in [1.54, 1.807) is 0 Å². The van der Waals surface area contributed by atoms with Crippen LogP contribution in [0.25, 0.3) is 0 Å². The highest BCUT2D eigenvalue weighted by atomic mass is 35.5. The zero-order valence-corrected chi connectivity index (χ0v) is 10.4. The molecule has 14 heavy (non-hydrogen) atoms. The third-order valence-corrected chi connectivity index (χ3v) is 3.92. The molecule has 2 nitrogen and oxygen atoms in total. The van der Waals surface area contributed by atoms with Gasteiger partial charge < -0.3 is 4.74 Å². The van der Waals surface area contributed by atoms with E-state index in [1.807, 2.05) is 13.8 Å². The topological polar surface area (TPSA) is 26.3 Å². The van der Waals surface area contributed by atoms with E-state index in [1.165, 1.54) is 0 Å². The molecule has 0 aromatic rings. The highest BCUT2D eigenvalue weighted by Gasteiger charge is 2.43. The molecule has 1 rings (SSSR count). The van der Waals surface area contributed by atoms with Crippen LogP contribution < -0.4 is 0 Å². The first-order chi connectivity index (χ1) is 6.26. The predicted molar refractivity (Wildman–Crippen MR) is 58.1 cm³/mol. The zero-order chi connectivity index (χ0) is 11.0. The molecule has 0 amide bonds. The van der Waals surface area contributed by atoms with Gasteiger partial charge in [0.05, 0.1) is 6.61 Å². The molecule has 1 aliphatic rings. The Morgan fingerprint density at radius 2 is 2.00 bits per heavy atom. The van der Waals surface area contributed by atoms with Gasteiger partial charge in [-0.05, 0) is 11.8 Å². The van der Waals surface area contributed by atoms with Gasteiger partial charge in [0.2, 0.25) is 4.33 Å². The maximum atomic E-state index is 11.3. The highest BCUT2D eigenvalue weighted by molar-refractivity contribution is 6.57. The molecule has 1 atom stereocenters. The molecular weight excluding hydrogens is 246 g/mol. The number of hydrogen-bond donors (Lipinski definition) is 0. The van der Waals surface area contributed by atoms with Crippen molar-refractivity contribution in [2.45, 2.75) is 36.4 Å². The van der Waals surface area contributed by atoms with Crippen LogP contribution in [0.2, 0.25) is 0 Å². The largest absolute Gasteiger partial charge is 0.463 e. The molecule has 1 saturated heterocycles. The van der Waals surface area contributed by atoms with Crippen molar-refractivity contribution in [2.75, 3.05) is 6.61 Å². The van der Waals surface area contributed by atoms with Crippen molar-refractivity contribution in [2.24, 2.45) is 5.41 Å². The number of carbonyl (C=O) groups is 1. The molecule has 0 N–H and O–H groups in total. The molecule has 0 aromatic heterocycles. The molecule has 1 aliphatic heterocycles. The summed E-state index contributed by atoms with van der Waals surface area (Å²) in [5, 5.41) is -0.231. The number of halogens is 3. The van der Waals surface area contributed by atoms with Crippen LogP contribution in [0.3, 0.4) is 0 Å². The summed E-state index contributed by atoms with van der Waals surface area (Å²) in [6.07, 6.45) is 0.931. The molecule has 0 radical (unpaired) electrons. The second kappa shape index (κ2) is 4.07. The summed E-state index contributed by atoms with van der Waals surface area (Å²) in [5.41, 5.74) is -0.128. The molecule has 82 valence electrons. The number of carbonyl (C=O) groups excluding carboxylic acids is 1. The van der Waals surface area contributed by atoms with Gasteiger partial charge in [-0.15, -0.1) is 11.6 Å². The number of alkyl halides is 3. The van der Waals surface area contributed by atoms with Crippen LogP contribution in [-0.4, -0.2) is 22.3 Å². The van der Waals surface area contributed by atoms with Crippen molar-refractivity contribution in [3.63, 3.8) is 0 Å². The summed E-state index contributed by atoms with van der Waals surface area (Å²) in [4.78, 5) is 11.3. The quantitative estimate of drug-likeness (QED) is 0.493. The van der Waals surface area contributed by atoms with E-state index in [2.05, 4.69) is 0 Å². The lowest BCUT2D eigenvalue weighted by Crippen LogP contribution is -2.40. The fraction of sp³-hybridized carbons (Fsp3) is 0.889. The summed E-state index contributed by atoms with van der Waals surface area (Å²) < 4.78 is 3.41. The molecule has 5 heteroatoms. The summed E-state index contributed by atoms with van der Waals surface area (Å²) in [6.45, 7) is 4.33. The predicted octanol–water partition coefficient (Wildman–Crippen LogP) is 3.13. The summed E-state index contributed by atoms with van der Waals surface area (Å²) in [6, 6.07) is 0. The Balaban J connectivity index is 2.82. The van der Waals surface area contributed by atoms with Crippen LogP contribution in [0.1, 0.15) is 26.7 Å². The van der Waals surface area contributed by atoms with Gasteiger partial charge in [0.15, 0.2) is 0 Å². The van der Waals surface area contributed by atoms with Gasteiger partial charge in [-0.25, -0.2) is 4.79 Å². The second-order valence-corrected chi connectivity index (χ2v) is 6.26. The van der Waals surface area contributed by atoms with E-state index in [4.69, 9.17) is 39.5 Å². The molecule has 1 fully saturated rings. The minimum absolute atomic E-state index is 0.128. The van der Waals surface area contributed by atoms with E-state index >= 15 is 0 Å². The van der Waals surface area contributed by atoms with Crippen LogP contribution in [0.5, 0.6) is 0 Å². The molecule has 0 aliphatic carbocycles. The monoisotopic (exact) mass is 258 g/mol. The minimum atomic E-state index is -1.51. The Hall–Kier alpha value is 0.340. The average Bonchev–Trinajstić information content (AvgIpc) is 2.01. The fourth-order valence-corrected chi connectivity index (χ4v) is 2.17. The van der Waals surface area contributed by atoms with Gasteiger partial charge >= 0.3 is 5.97 Å². The lowest BCUT2D eigenvalue weighted by molar-refractivity contribution is -0.146. The van der Waals surface area contributed by atoms with E-state index in [-0.39, 0.29) is 17.2 Å². The average molecular weight is 260 g/mol. The maximum Gasteiger partial charge on any atom is 0.342 e. The third-order valence-electron chi connectivity index (χ3n) is 2.56. The third kappa shape index (κ3) is 2.68. The number of esters is 1. The smallest absolute Gasteiger partial charge is 0.342 e. The Morgan fingerprint density at radius 3 is 2.57 bits per heavy atom. The van der Waals surface area contributed by atoms with Crippen molar-refractivity contribution < 1.29 is 9.53 Å². The normalized spacial score (nSPS) is 31.5. The first-order valence-electron chi connectivity index (χ1n) is 4.45. The van der Waals surface area contributed by atoms with Crippen molar-refractivity contribution in [3.8, 4) is 0 Å². The van der Waals surface area contributed by atoms with Gasteiger partial charge in [-0.1, -0.05) is 37.0 Å². The van der Waals surface area contributed by atoms with Crippen LogP contribution in [-0.2, 0) is 9.53 Å². The molecule has 1 unspecified atom stereocenters. The first kappa shape index (κ1) is 12.4. The number of ether oxygens (including phenoxy) is 1. The Bertz CT molecular complexity index is 238. The lowest BCUT2D eigenvalue weighted by Gasteiger charge is -2.35. The molecule has 0 aromatic carbocycles. The van der Waals surface area contributed by atoms with Crippen molar-refractivity contribution in [1.29, 1.82) is 0 Å². The van der Waals surface area contributed by atoms with E-state index in [0.717, 1.165) is 6.42 Å².